The summed E-state index contributed by atoms with van der Waals surface area (Å²) in [5.74, 6) is 0.639. The molecule has 1 heterocycles. The number of benzene rings is 1. The molecule has 0 radical (unpaired) electrons. The standard InChI is InChI=1S/C15H18N2O/c1-5-14-16-13(15(18)17-14)8-12-10(3)6-9(2)7-11(12)4/h6-8H,5H2,1-4H3,(H,16,17,18)/b13-8-. The lowest BCUT2D eigenvalue weighted by molar-refractivity contribution is -0.115. The van der Waals surface area contributed by atoms with E-state index in [0.717, 1.165) is 17.8 Å². The minimum Gasteiger partial charge on any atom is -0.309 e. The molecule has 1 aromatic carbocycles. The van der Waals surface area contributed by atoms with Crippen LogP contribution in [0.5, 0.6) is 0 Å². The van der Waals surface area contributed by atoms with Crippen molar-refractivity contribution in [1.29, 1.82) is 0 Å². The van der Waals surface area contributed by atoms with Gasteiger partial charge in [-0.1, -0.05) is 24.6 Å². The topological polar surface area (TPSA) is 41.5 Å². The molecule has 3 nitrogen and oxygen atoms in total. The smallest absolute Gasteiger partial charge is 0.275 e. The Bertz CT molecular complexity index is 545. The average Bonchev–Trinajstić information content (AvgIpc) is 2.64. The second kappa shape index (κ2) is 4.77. The van der Waals surface area contributed by atoms with Gasteiger partial charge in [-0.15, -0.1) is 0 Å². The minimum atomic E-state index is -0.105. The highest BCUT2D eigenvalue weighted by atomic mass is 16.2. The molecule has 0 spiro atoms. The molecule has 0 bridgehead atoms. The molecule has 0 atom stereocenters. The van der Waals surface area contributed by atoms with E-state index in [2.05, 4.69) is 43.2 Å². The number of amides is 1. The molecule has 3 heteroatoms. The summed E-state index contributed by atoms with van der Waals surface area (Å²) >= 11 is 0. The Balaban J connectivity index is 2.46. The van der Waals surface area contributed by atoms with Gasteiger partial charge < -0.3 is 5.32 Å². The first-order valence-electron chi connectivity index (χ1n) is 6.19. The van der Waals surface area contributed by atoms with Crippen LogP contribution in [-0.2, 0) is 4.79 Å². The molecular weight excluding hydrogens is 224 g/mol. The third kappa shape index (κ3) is 2.35. The van der Waals surface area contributed by atoms with Crippen molar-refractivity contribution in [3.05, 3.63) is 40.1 Å². The van der Waals surface area contributed by atoms with Gasteiger partial charge in [-0.25, -0.2) is 4.99 Å². The second-order valence-electron chi connectivity index (χ2n) is 4.71. The number of aliphatic imine (C=N–C) groups is 1. The molecule has 2 rings (SSSR count). The summed E-state index contributed by atoms with van der Waals surface area (Å²) in [7, 11) is 0. The molecule has 1 N–H and O–H groups in total. The van der Waals surface area contributed by atoms with Gasteiger partial charge in [-0.2, -0.15) is 0 Å². The van der Waals surface area contributed by atoms with Crippen LogP contribution in [0.2, 0.25) is 0 Å². The van der Waals surface area contributed by atoms with Crippen LogP contribution in [0.15, 0.2) is 22.8 Å². The zero-order valence-electron chi connectivity index (χ0n) is 11.3. The van der Waals surface area contributed by atoms with Gasteiger partial charge in [-0.05, 0) is 43.5 Å². The van der Waals surface area contributed by atoms with Crippen LogP contribution < -0.4 is 5.32 Å². The lowest BCUT2D eigenvalue weighted by Crippen LogP contribution is -2.23. The van der Waals surface area contributed by atoms with Gasteiger partial charge in [0.1, 0.15) is 11.5 Å². The van der Waals surface area contributed by atoms with Crippen LogP contribution in [0.25, 0.3) is 6.08 Å². The van der Waals surface area contributed by atoms with E-state index < -0.39 is 0 Å². The first kappa shape index (κ1) is 12.6. The number of nitrogens with one attached hydrogen (secondary N) is 1. The normalized spacial score (nSPS) is 17.0. The monoisotopic (exact) mass is 242 g/mol. The molecular formula is C15H18N2O. The van der Waals surface area contributed by atoms with Crippen molar-refractivity contribution in [1.82, 2.24) is 5.32 Å². The molecule has 1 aliphatic rings. The number of amidine groups is 1. The van der Waals surface area contributed by atoms with Crippen molar-refractivity contribution in [2.75, 3.05) is 0 Å². The highest BCUT2D eigenvalue weighted by molar-refractivity contribution is 6.14. The number of carbonyl (C=O) groups excluding carboxylic acids is 1. The first-order chi connectivity index (χ1) is 8.51. The fourth-order valence-corrected chi connectivity index (χ4v) is 2.24. The van der Waals surface area contributed by atoms with E-state index >= 15 is 0 Å². The zero-order chi connectivity index (χ0) is 13.3. The van der Waals surface area contributed by atoms with Gasteiger partial charge in [0.05, 0.1) is 0 Å². The van der Waals surface area contributed by atoms with E-state index in [1.807, 2.05) is 13.0 Å². The number of hydrogen-bond acceptors (Lipinski definition) is 2. The van der Waals surface area contributed by atoms with Gasteiger partial charge in [0.25, 0.3) is 5.91 Å². The van der Waals surface area contributed by atoms with Crippen molar-refractivity contribution < 1.29 is 4.79 Å². The molecule has 0 unspecified atom stereocenters. The molecule has 0 aliphatic carbocycles. The molecule has 1 amide bonds. The minimum absolute atomic E-state index is 0.105. The molecule has 94 valence electrons. The van der Waals surface area contributed by atoms with Crippen molar-refractivity contribution in [3.63, 3.8) is 0 Å². The summed E-state index contributed by atoms with van der Waals surface area (Å²) in [6.45, 7) is 8.17. The molecule has 0 fully saturated rings. The Morgan fingerprint density at radius 2 is 1.83 bits per heavy atom. The maximum Gasteiger partial charge on any atom is 0.275 e. The van der Waals surface area contributed by atoms with E-state index in [0.29, 0.717) is 5.70 Å². The van der Waals surface area contributed by atoms with Gasteiger partial charge in [-0.3, -0.25) is 4.79 Å². The molecule has 1 aromatic rings. The summed E-state index contributed by atoms with van der Waals surface area (Å²) in [4.78, 5) is 16.0. The van der Waals surface area contributed by atoms with Crippen LogP contribution in [-0.4, -0.2) is 11.7 Å². The molecule has 18 heavy (non-hydrogen) atoms. The number of carbonyl (C=O) groups is 1. The van der Waals surface area contributed by atoms with Gasteiger partial charge in [0.2, 0.25) is 0 Å². The zero-order valence-corrected chi connectivity index (χ0v) is 11.3. The van der Waals surface area contributed by atoms with Crippen molar-refractivity contribution in [3.8, 4) is 0 Å². The van der Waals surface area contributed by atoms with Gasteiger partial charge >= 0.3 is 0 Å². The average molecular weight is 242 g/mol. The summed E-state index contributed by atoms with van der Waals surface area (Å²) in [5, 5.41) is 2.77. The Morgan fingerprint density at radius 1 is 1.22 bits per heavy atom. The third-order valence-corrected chi connectivity index (χ3v) is 3.10. The highest BCUT2D eigenvalue weighted by Gasteiger charge is 2.18. The van der Waals surface area contributed by atoms with Gasteiger partial charge in [0, 0.05) is 6.42 Å². The van der Waals surface area contributed by atoms with Crippen LogP contribution in [0.3, 0.4) is 0 Å². The van der Waals surface area contributed by atoms with Crippen LogP contribution >= 0.6 is 0 Å². The molecule has 0 aromatic heterocycles. The van der Waals surface area contributed by atoms with Gasteiger partial charge in [0.15, 0.2) is 0 Å². The Labute approximate surface area is 108 Å². The van der Waals surface area contributed by atoms with Crippen molar-refractivity contribution in [2.24, 2.45) is 4.99 Å². The van der Waals surface area contributed by atoms with E-state index in [1.165, 1.54) is 16.7 Å². The highest BCUT2D eigenvalue weighted by Crippen LogP contribution is 2.21. The largest absolute Gasteiger partial charge is 0.309 e. The Kier molecular flexibility index (Phi) is 3.32. The lowest BCUT2D eigenvalue weighted by Gasteiger charge is -2.07. The molecule has 1 aliphatic heterocycles. The SMILES string of the molecule is CCC1=N/C(=C\c2c(C)cc(C)cc2C)C(=O)N1. The van der Waals surface area contributed by atoms with E-state index in [-0.39, 0.29) is 5.91 Å². The van der Waals surface area contributed by atoms with E-state index in [1.54, 1.807) is 0 Å². The Morgan fingerprint density at radius 3 is 2.33 bits per heavy atom. The molecule has 0 saturated carbocycles. The quantitative estimate of drug-likeness (QED) is 0.796. The predicted molar refractivity (Wildman–Crippen MR) is 74.5 cm³/mol. The lowest BCUT2D eigenvalue weighted by atomic mass is 9.99. The van der Waals surface area contributed by atoms with Crippen LogP contribution in [0, 0.1) is 20.8 Å². The fraction of sp³-hybridized carbons (Fsp3) is 0.333. The number of hydrogen-bond donors (Lipinski definition) is 1. The predicted octanol–water partition coefficient (Wildman–Crippen LogP) is 2.89. The van der Waals surface area contributed by atoms with Crippen LogP contribution in [0.4, 0.5) is 0 Å². The third-order valence-electron chi connectivity index (χ3n) is 3.10. The number of aryl methyl sites for hydroxylation is 3. The van der Waals surface area contributed by atoms with E-state index in [9.17, 15) is 4.79 Å². The summed E-state index contributed by atoms with van der Waals surface area (Å²) in [5.41, 5.74) is 5.18. The first-order valence-corrected chi connectivity index (χ1v) is 6.19. The number of nitrogens with zero attached hydrogens (tertiary/aromatic N) is 1. The Hall–Kier alpha value is -1.90. The fourth-order valence-electron chi connectivity index (χ4n) is 2.24. The summed E-state index contributed by atoms with van der Waals surface area (Å²) < 4.78 is 0. The maximum atomic E-state index is 11.7. The summed E-state index contributed by atoms with van der Waals surface area (Å²) in [6, 6.07) is 4.24. The van der Waals surface area contributed by atoms with E-state index in [4.69, 9.17) is 0 Å². The number of rotatable bonds is 2. The maximum absolute atomic E-state index is 11.7. The summed E-state index contributed by atoms with van der Waals surface area (Å²) in [6.07, 6.45) is 2.62. The molecule has 0 saturated heterocycles. The van der Waals surface area contributed by atoms with Crippen molar-refractivity contribution in [2.45, 2.75) is 34.1 Å². The van der Waals surface area contributed by atoms with Crippen LogP contribution in [0.1, 0.15) is 35.6 Å². The second-order valence-corrected chi connectivity index (χ2v) is 4.71. The van der Waals surface area contributed by atoms with Crippen molar-refractivity contribution >= 4 is 17.8 Å².